The summed E-state index contributed by atoms with van der Waals surface area (Å²) in [6.07, 6.45) is 2.27. The Morgan fingerprint density at radius 3 is 2.08 bits per heavy atom. The first kappa shape index (κ1) is 15.3. The molecule has 1 heterocycles. The van der Waals surface area contributed by atoms with Crippen molar-refractivity contribution in [2.75, 3.05) is 12.1 Å². The van der Waals surface area contributed by atoms with Crippen LogP contribution in [0.1, 0.15) is 17.2 Å². The van der Waals surface area contributed by atoms with Crippen LogP contribution in [0.25, 0.3) is 5.70 Å². The second-order valence-electron chi connectivity index (χ2n) is 5.98. The zero-order valence-electron chi connectivity index (χ0n) is 14.1. The minimum atomic E-state index is 0.140. The SMILES string of the molecule is COc1ccc(C2=CC(c3ccccc3)N(c3ccccc3)N2)cc1. The summed E-state index contributed by atoms with van der Waals surface area (Å²) in [5, 5.41) is 2.20. The standard InChI is InChI=1S/C22H20N2O/c1-25-20-14-12-17(13-15-20)21-16-22(18-8-4-2-5-9-18)24(23-21)19-10-6-3-7-11-19/h2-16,22-23H,1H3. The average molecular weight is 328 g/mol. The summed E-state index contributed by atoms with van der Waals surface area (Å²) in [4.78, 5) is 0. The van der Waals surface area contributed by atoms with Crippen LogP contribution in [0, 0.1) is 0 Å². The molecule has 0 fully saturated rings. The third-order valence-electron chi connectivity index (χ3n) is 4.42. The molecule has 0 bridgehead atoms. The molecular formula is C22H20N2O. The van der Waals surface area contributed by atoms with Gasteiger partial charge in [0.25, 0.3) is 0 Å². The van der Waals surface area contributed by atoms with Gasteiger partial charge in [-0.2, -0.15) is 0 Å². The molecular weight excluding hydrogens is 308 g/mol. The van der Waals surface area contributed by atoms with Crippen molar-refractivity contribution < 1.29 is 4.74 Å². The fourth-order valence-corrected chi connectivity index (χ4v) is 3.11. The summed E-state index contributed by atoms with van der Waals surface area (Å²) in [6, 6.07) is 29.2. The first-order valence-electron chi connectivity index (χ1n) is 8.37. The molecule has 1 aliphatic rings. The molecule has 3 nitrogen and oxygen atoms in total. The lowest BCUT2D eigenvalue weighted by molar-refractivity contribution is 0.415. The van der Waals surface area contributed by atoms with Crippen molar-refractivity contribution in [2.24, 2.45) is 0 Å². The van der Waals surface area contributed by atoms with Crippen molar-refractivity contribution in [3.8, 4) is 5.75 Å². The molecule has 1 aliphatic heterocycles. The lowest BCUT2D eigenvalue weighted by Gasteiger charge is -2.27. The van der Waals surface area contributed by atoms with Crippen LogP contribution in [0.3, 0.4) is 0 Å². The lowest BCUT2D eigenvalue weighted by Crippen LogP contribution is -2.33. The zero-order chi connectivity index (χ0) is 17.1. The molecule has 3 heteroatoms. The molecule has 0 saturated heterocycles. The van der Waals surface area contributed by atoms with Crippen molar-refractivity contribution in [2.45, 2.75) is 6.04 Å². The van der Waals surface area contributed by atoms with Crippen LogP contribution in [0.5, 0.6) is 5.75 Å². The van der Waals surface area contributed by atoms with Gasteiger partial charge in [0, 0.05) is 0 Å². The smallest absolute Gasteiger partial charge is 0.118 e. The Balaban J connectivity index is 1.71. The van der Waals surface area contributed by atoms with Crippen LogP contribution in [0.2, 0.25) is 0 Å². The normalized spacial score (nSPS) is 16.3. The Hall–Kier alpha value is -3.20. The molecule has 1 N–H and O–H groups in total. The molecule has 0 aliphatic carbocycles. The first-order valence-corrected chi connectivity index (χ1v) is 8.37. The maximum Gasteiger partial charge on any atom is 0.118 e. The van der Waals surface area contributed by atoms with E-state index in [4.69, 9.17) is 4.74 Å². The third kappa shape index (κ3) is 3.09. The molecule has 0 saturated carbocycles. The van der Waals surface area contributed by atoms with Crippen LogP contribution in [-0.2, 0) is 0 Å². The second-order valence-corrected chi connectivity index (χ2v) is 5.98. The third-order valence-corrected chi connectivity index (χ3v) is 4.42. The molecule has 1 atom stereocenters. The van der Waals surface area contributed by atoms with Crippen molar-refractivity contribution in [1.29, 1.82) is 0 Å². The highest BCUT2D eigenvalue weighted by Crippen LogP contribution is 2.35. The molecule has 0 radical (unpaired) electrons. The number of hydrogen-bond donors (Lipinski definition) is 1. The van der Waals surface area contributed by atoms with Crippen LogP contribution < -0.4 is 15.2 Å². The summed E-state index contributed by atoms with van der Waals surface area (Å²) in [5.41, 5.74) is 8.19. The minimum absolute atomic E-state index is 0.140. The number of para-hydroxylation sites is 1. The molecule has 124 valence electrons. The van der Waals surface area contributed by atoms with E-state index in [1.807, 2.05) is 24.3 Å². The highest BCUT2D eigenvalue weighted by Gasteiger charge is 2.26. The number of ether oxygens (including phenoxy) is 1. The molecule has 1 unspecified atom stereocenters. The topological polar surface area (TPSA) is 24.5 Å². The predicted molar refractivity (Wildman–Crippen MR) is 102 cm³/mol. The molecule has 0 spiro atoms. The van der Waals surface area contributed by atoms with Gasteiger partial charge in [0.1, 0.15) is 5.75 Å². The molecule has 25 heavy (non-hydrogen) atoms. The highest BCUT2D eigenvalue weighted by molar-refractivity contribution is 5.72. The van der Waals surface area contributed by atoms with E-state index in [1.165, 1.54) is 5.56 Å². The van der Waals surface area contributed by atoms with E-state index in [0.29, 0.717) is 0 Å². The number of nitrogens with zero attached hydrogens (tertiary/aromatic N) is 1. The van der Waals surface area contributed by atoms with Crippen molar-refractivity contribution in [1.82, 2.24) is 5.43 Å². The van der Waals surface area contributed by atoms with Gasteiger partial charge >= 0.3 is 0 Å². The monoisotopic (exact) mass is 328 g/mol. The van der Waals surface area contributed by atoms with Gasteiger partial charge in [0.15, 0.2) is 0 Å². The van der Waals surface area contributed by atoms with E-state index in [-0.39, 0.29) is 6.04 Å². The predicted octanol–water partition coefficient (Wildman–Crippen LogP) is 4.80. The largest absolute Gasteiger partial charge is 0.497 e. The van der Waals surface area contributed by atoms with Crippen LogP contribution in [-0.4, -0.2) is 7.11 Å². The lowest BCUT2D eigenvalue weighted by atomic mass is 10.0. The average Bonchev–Trinajstić information content (AvgIpc) is 3.15. The highest BCUT2D eigenvalue weighted by atomic mass is 16.5. The Morgan fingerprint density at radius 1 is 0.800 bits per heavy atom. The fourth-order valence-electron chi connectivity index (χ4n) is 3.11. The zero-order valence-corrected chi connectivity index (χ0v) is 14.1. The van der Waals surface area contributed by atoms with Crippen LogP contribution in [0.15, 0.2) is 91.0 Å². The van der Waals surface area contributed by atoms with E-state index in [1.54, 1.807) is 7.11 Å². The summed E-state index contributed by atoms with van der Waals surface area (Å²) in [7, 11) is 1.69. The quantitative estimate of drug-likeness (QED) is 0.744. The number of benzene rings is 3. The minimum Gasteiger partial charge on any atom is -0.497 e. The number of hydrazine groups is 1. The number of nitrogens with one attached hydrogen (secondary N) is 1. The van der Waals surface area contributed by atoms with E-state index >= 15 is 0 Å². The molecule has 0 amide bonds. The van der Waals surface area contributed by atoms with E-state index < -0.39 is 0 Å². The van der Waals surface area contributed by atoms with Crippen molar-refractivity contribution in [3.63, 3.8) is 0 Å². The van der Waals surface area contributed by atoms with Gasteiger partial charge in [0.05, 0.1) is 24.5 Å². The Morgan fingerprint density at radius 2 is 1.44 bits per heavy atom. The van der Waals surface area contributed by atoms with E-state index in [2.05, 4.69) is 77.2 Å². The number of methoxy groups -OCH3 is 1. The van der Waals surface area contributed by atoms with Gasteiger partial charge < -0.3 is 4.74 Å². The Bertz CT molecular complexity index is 858. The van der Waals surface area contributed by atoms with Gasteiger partial charge in [-0.1, -0.05) is 48.5 Å². The molecule has 3 aromatic rings. The van der Waals surface area contributed by atoms with Crippen molar-refractivity contribution in [3.05, 3.63) is 102 Å². The Kier molecular flexibility index (Phi) is 4.13. The van der Waals surface area contributed by atoms with Gasteiger partial charge in [-0.3, -0.25) is 10.4 Å². The summed E-state index contributed by atoms with van der Waals surface area (Å²) >= 11 is 0. The summed E-state index contributed by atoms with van der Waals surface area (Å²) < 4.78 is 5.26. The van der Waals surface area contributed by atoms with Gasteiger partial charge in [-0.15, -0.1) is 0 Å². The summed E-state index contributed by atoms with van der Waals surface area (Å²) in [5.74, 6) is 0.863. The van der Waals surface area contributed by atoms with E-state index in [9.17, 15) is 0 Å². The molecule has 0 aromatic heterocycles. The number of hydrogen-bond acceptors (Lipinski definition) is 3. The maximum atomic E-state index is 5.26. The number of rotatable bonds is 4. The van der Waals surface area contributed by atoms with Crippen LogP contribution in [0.4, 0.5) is 5.69 Å². The van der Waals surface area contributed by atoms with Crippen molar-refractivity contribution >= 4 is 11.4 Å². The molecule has 4 rings (SSSR count). The van der Waals surface area contributed by atoms with Gasteiger partial charge in [-0.25, -0.2) is 0 Å². The first-order chi connectivity index (χ1) is 12.3. The van der Waals surface area contributed by atoms with Gasteiger partial charge in [0.2, 0.25) is 0 Å². The number of anilines is 1. The Labute approximate surface area is 148 Å². The fraction of sp³-hybridized carbons (Fsp3) is 0.0909. The second kappa shape index (κ2) is 6.73. The maximum absolute atomic E-state index is 5.26. The van der Waals surface area contributed by atoms with Crippen LogP contribution >= 0.6 is 0 Å². The molecule has 3 aromatic carbocycles. The van der Waals surface area contributed by atoms with Gasteiger partial charge in [-0.05, 0) is 53.6 Å². The summed E-state index contributed by atoms with van der Waals surface area (Å²) in [6.45, 7) is 0. The van der Waals surface area contributed by atoms with E-state index in [0.717, 1.165) is 22.7 Å².